The van der Waals surface area contributed by atoms with Crippen molar-refractivity contribution in [1.29, 1.82) is 0 Å². The molecule has 1 amide bonds. The SMILES string of the molecule is CC/C(=N/NC(=O)c1cccc(S(=O)(=O)N2CCOCC2)c1)c1cccs1. The van der Waals surface area contributed by atoms with Crippen molar-refractivity contribution in [2.75, 3.05) is 26.3 Å². The van der Waals surface area contributed by atoms with Gasteiger partial charge in [-0.2, -0.15) is 9.41 Å². The Hall–Kier alpha value is -2.07. The molecule has 1 aromatic carbocycles. The second-order valence-corrected chi connectivity index (χ2v) is 8.76. The summed E-state index contributed by atoms with van der Waals surface area (Å²) in [5, 5.41) is 6.14. The largest absolute Gasteiger partial charge is 0.379 e. The van der Waals surface area contributed by atoms with Crippen molar-refractivity contribution < 1.29 is 17.9 Å². The number of amides is 1. The minimum atomic E-state index is -3.65. The van der Waals surface area contributed by atoms with Crippen molar-refractivity contribution >= 4 is 33.0 Å². The number of hydrazone groups is 1. The van der Waals surface area contributed by atoms with Crippen molar-refractivity contribution in [3.8, 4) is 0 Å². The maximum Gasteiger partial charge on any atom is 0.271 e. The predicted molar refractivity (Wildman–Crippen MR) is 105 cm³/mol. The number of sulfonamides is 1. The smallest absolute Gasteiger partial charge is 0.271 e. The maximum atomic E-state index is 12.7. The zero-order valence-electron chi connectivity index (χ0n) is 14.9. The Labute approximate surface area is 162 Å². The predicted octanol–water partition coefficient (Wildman–Crippen LogP) is 2.31. The van der Waals surface area contributed by atoms with Crippen LogP contribution in [-0.2, 0) is 14.8 Å². The third-order valence-electron chi connectivity index (χ3n) is 4.14. The van der Waals surface area contributed by atoms with Gasteiger partial charge in [-0.3, -0.25) is 4.79 Å². The van der Waals surface area contributed by atoms with E-state index < -0.39 is 15.9 Å². The van der Waals surface area contributed by atoms with E-state index in [1.807, 2.05) is 24.4 Å². The van der Waals surface area contributed by atoms with Crippen LogP contribution in [0.3, 0.4) is 0 Å². The number of nitrogens with one attached hydrogen (secondary N) is 1. The van der Waals surface area contributed by atoms with Gasteiger partial charge in [0.15, 0.2) is 0 Å². The lowest BCUT2D eigenvalue weighted by atomic mass is 10.2. The molecule has 1 N–H and O–H groups in total. The van der Waals surface area contributed by atoms with Crippen molar-refractivity contribution in [2.45, 2.75) is 18.2 Å². The Kier molecular flexibility index (Phi) is 6.38. The van der Waals surface area contributed by atoms with E-state index >= 15 is 0 Å². The van der Waals surface area contributed by atoms with E-state index in [1.165, 1.54) is 16.4 Å². The summed E-state index contributed by atoms with van der Waals surface area (Å²) in [7, 11) is -3.65. The summed E-state index contributed by atoms with van der Waals surface area (Å²) in [6, 6.07) is 9.87. The van der Waals surface area contributed by atoms with Crippen molar-refractivity contribution in [1.82, 2.24) is 9.73 Å². The second kappa shape index (κ2) is 8.75. The van der Waals surface area contributed by atoms with Gasteiger partial charge in [0.05, 0.1) is 28.7 Å². The molecule has 27 heavy (non-hydrogen) atoms. The lowest BCUT2D eigenvalue weighted by molar-refractivity contribution is 0.0730. The Bertz CT molecular complexity index is 918. The molecule has 2 heterocycles. The van der Waals surface area contributed by atoms with Crippen LogP contribution in [0.2, 0.25) is 0 Å². The topological polar surface area (TPSA) is 88.1 Å². The fourth-order valence-corrected chi connectivity index (χ4v) is 4.91. The summed E-state index contributed by atoms with van der Waals surface area (Å²) in [6.45, 7) is 3.32. The molecule has 1 aliphatic rings. The first-order chi connectivity index (χ1) is 13.0. The molecule has 0 radical (unpaired) electrons. The zero-order chi connectivity index (χ0) is 19.3. The summed E-state index contributed by atoms with van der Waals surface area (Å²) in [4.78, 5) is 13.5. The number of morpholine rings is 1. The highest BCUT2D eigenvalue weighted by Crippen LogP contribution is 2.18. The number of nitrogens with zero attached hydrogens (tertiary/aromatic N) is 2. The molecule has 0 bridgehead atoms. The van der Waals surface area contributed by atoms with Crippen LogP contribution in [0.15, 0.2) is 51.8 Å². The number of thiophene rings is 1. The number of benzene rings is 1. The molecule has 0 spiro atoms. The van der Waals surface area contributed by atoms with Crippen LogP contribution in [0.5, 0.6) is 0 Å². The average molecular weight is 408 g/mol. The number of hydrogen-bond donors (Lipinski definition) is 1. The molecule has 7 nitrogen and oxygen atoms in total. The van der Waals surface area contributed by atoms with E-state index in [-0.39, 0.29) is 10.5 Å². The number of rotatable bonds is 6. The van der Waals surface area contributed by atoms with Gasteiger partial charge in [-0.15, -0.1) is 11.3 Å². The molecule has 1 saturated heterocycles. The number of carbonyl (C=O) groups is 1. The van der Waals surface area contributed by atoms with E-state index in [4.69, 9.17) is 4.74 Å². The van der Waals surface area contributed by atoms with Gasteiger partial charge in [0.2, 0.25) is 10.0 Å². The Morgan fingerprint density at radius 2 is 2.04 bits per heavy atom. The lowest BCUT2D eigenvalue weighted by Gasteiger charge is -2.26. The number of ether oxygens (including phenoxy) is 1. The molecule has 144 valence electrons. The molecule has 0 unspecified atom stereocenters. The van der Waals surface area contributed by atoms with E-state index in [0.29, 0.717) is 32.7 Å². The molecule has 1 fully saturated rings. The van der Waals surface area contributed by atoms with Gasteiger partial charge in [0.25, 0.3) is 5.91 Å². The summed E-state index contributed by atoms with van der Waals surface area (Å²) in [5.41, 5.74) is 3.54. The standard InChI is InChI=1S/C18H21N3O4S2/c1-2-16(17-7-4-12-26-17)19-20-18(22)14-5-3-6-15(13-14)27(23,24)21-8-10-25-11-9-21/h3-7,12-13H,2,8-11H2,1H3,(H,20,22)/b19-16-. The highest BCUT2D eigenvalue weighted by Gasteiger charge is 2.26. The third-order valence-corrected chi connectivity index (χ3v) is 6.95. The minimum Gasteiger partial charge on any atom is -0.379 e. The van der Waals surface area contributed by atoms with Gasteiger partial charge in [-0.05, 0) is 36.1 Å². The molecular weight excluding hydrogens is 386 g/mol. The van der Waals surface area contributed by atoms with Crippen molar-refractivity contribution in [2.24, 2.45) is 5.10 Å². The van der Waals surface area contributed by atoms with E-state index in [1.54, 1.807) is 23.5 Å². The quantitative estimate of drug-likeness (QED) is 0.588. The van der Waals surface area contributed by atoms with Crippen LogP contribution < -0.4 is 5.43 Å². The molecule has 1 aromatic heterocycles. The van der Waals surface area contributed by atoms with Gasteiger partial charge in [-0.25, -0.2) is 13.8 Å². The third kappa shape index (κ3) is 4.62. The molecular formula is C18H21N3O4S2. The first-order valence-corrected chi connectivity index (χ1v) is 10.9. The molecule has 3 rings (SSSR count). The highest BCUT2D eigenvalue weighted by atomic mass is 32.2. The normalized spacial score (nSPS) is 16.3. The van der Waals surface area contributed by atoms with Crippen LogP contribution in [0.1, 0.15) is 28.6 Å². The van der Waals surface area contributed by atoms with Gasteiger partial charge in [-0.1, -0.05) is 19.1 Å². The van der Waals surface area contributed by atoms with Gasteiger partial charge in [0, 0.05) is 18.7 Å². The van der Waals surface area contributed by atoms with Crippen LogP contribution in [0.4, 0.5) is 0 Å². The first kappa shape index (κ1) is 19.7. The van der Waals surface area contributed by atoms with Crippen molar-refractivity contribution in [3.05, 3.63) is 52.2 Å². The fourth-order valence-electron chi connectivity index (χ4n) is 2.67. The fraction of sp³-hybridized carbons (Fsp3) is 0.333. The van der Waals surface area contributed by atoms with E-state index in [2.05, 4.69) is 10.5 Å². The molecule has 0 atom stereocenters. The van der Waals surface area contributed by atoms with Crippen LogP contribution in [-0.4, -0.2) is 50.6 Å². The Morgan fingerprint density at radius 1 is 1.26 bits per heavy atom. The van der Waals surface area contributed by atoms with E-state index in [0.717, 1.165) is 10.6 Å². The average Bonchev–Trinajstić information content (AvgIpc) is 3.24. The summed E-state index contributed by atoms with van der Waals surface area (Å²) in [5.74, 6) is -0.448. The van der Waals surface area contributed by atoms with Crippen LogP contribution in [0.25, 0.3) is 0 Å². The highest BCUT2D eigenvalue weighted by molar-refractivity contribution is 7.89. The van der Waals surface area contributed by atoms with Crippen molar-refractivity contribution in [3.63, 3.8) is 0 Å². The molecule has 0 aliphatic carbocycles. The second-order valence-electron chi connectivity index (χ2n) is 5.87. The summed E-state index contributed by atoms with van der Waals surface area (Å²) < 4.78 is 32.1. The van der Waals surface area contributed by atoms with E-state index in [9.17, 15) is 13.2 Å². The molecule has 2 aromatic rings. The summed E-state index contributed by atoms with van der Waals surface area (Å²) in [6.07, 6.45) is 0.673. The van der Waals surface area contributed by atoms with Gasteiger partial charge in [0.1, 0.15) is 0 Å². The first-order valence-electron chi connectivity index (χ1n) is 8.61. The molecule has 9 heteroatoms. The lowest BCUT2D eigenvalue weighted by Crippen LogP contribution is -2.40. The van der Waals surface area contributed by atoms with Gasteiger partial charge < -0.3 is 4.74 Å². The zero-order valence-corrected chi connectivity index (χ0v) is 16.6. The number of hydrogen-bond acceptors (Lipinski definition) is 6. The monoisotopic (exact) mass is 407 g/mol. The van der Waals surface area contributed by atoms with Crippen LogP contribution in [0, 0.1) is 0 Å². The number of carbonyl (C=O) groups excluding carboxylic acids is 1. The molecule has 0 saturated carbocycles. The van der Waals surface area contributed by atoms with Crippen LogP contribution >= 0.6 is 11.3 Å². The Morgan fingerprint density at radius 3 is 2.70 bits per heavy atom. The minimum absolute atomic E-state index is 0.0926. The molecule has 1 aliphatic heterocycles. The Balaban J connectivity index is 1.77. The maximum absolute atomic E-state index is 12.7. The van der Waals surface area contributed by atoms with Gasteiger partial charge >= 0.3 is 0 Å². The summed E-state index contributed by atoms with van der Waals surface area (Å²) >= 11 is 1.55.